The molecule has 0 unspecified atom stereocenters. The van der Waals surface area contributed by atoms with Gasteiger partial charge >= 0.3 is 11.9 Å². The number of unbranched alkanes of at least 4 members (excludes halogenated alkanes) is 5. The molecule has 1 rings (SSSR count). The van der Waals surface area contributed by atoms with Crippen molar-refractivity contribution < 1.29 is 23.5 Å². The smallest absolute Gasteiger partial charge is 0.311 e. The first-order valence-corrected chi connectivity index (χ1v) is 9.09. The molecular weight excluding hydrogens is 323 g/mol. The average molecular weight is 352 g/mol. The van der Waals surface area contributed by atoms with Crippen molar-refractivity contribution in [2.24, 2.45) is 5.92 Å². The molecule has 0 heterocycles. The molecule has 0 radical (unpaired) electrons. The molecule has 0 aliphatic rings. The van der Waals surface area contributed by atoms with E-state index < -0.39 is 5.82 Å². The van der Waals surface area contributed by atoms with Gasteiger partial charge in [-0.2, -0.15) is 0 Å². The fourth-order valence-corrected chi connectivity index (χ4v) is 2.29. The maximum absolute atomic E-state index is 13.0. The maximum atomic E-state index is 13.0. The third kappa shape index (κ3) is 11.3. The van der Waals surface area contributed by atoms with Gasteiger partial charge in [0, 0.05) is 18.9 Å². The van der Waals surface area contributed by atoms with Crippen LogP contribution in [-0.2, 0) is 14.3 Å². The molecular formula is C20H29FO4. The van der Waals surface area contributed by atoms with E-state index in [2.05, 4.69) is 0 Å². The van der Waals surface area contributed by atoms with Gasteiger partial charge in [0.25, 0.3) is 0 Å². The van der Waals surface area contributed by atoms with Gasteiger partial charge in [0.15, 0.2) is 0 Å². The van der Waals surface area contributed by atoms with Crippen molar-refractivity contribution in [2.75, 3.05) is 6.61 Å². The van der Waals surface area contributed by atoms with E-state index in [9.17, 15) is 14.0 Å². The van der Waals surface area contributed by atoms with Crippen LogP contribution in [-0.4, -0.2) is 18.5 Å². The third-order valence-electron chi connectivity index (χ3n) is 3.62. The average Bonchev–Trinajstić information content (AvgIpc) is 2.55. The van der Waals surface area contributed by atoms with E-state index in [1.54, 1.807) is 6.07 Å². The summed E-state index contributed by atoms with van der Waals surface area (Å²) in [6, 6.07) is 5.58. The fraction of sp³-hybridized carbons (Fsp3) is 0.600. The molecule has 1 aromatic carbocycles. The number of ether oxygens (including phenoxy) is 2. The highest BCUT2D eigenvalue weighted by molar-refractivity contribution is 5.72. The summed E-state index contributed by atoms with van der Waals surface area (Å²) >= 11 is 0. The third-order valence-corrected chi connectivity index (χ3v) is 3.62. The summed E-state index contributed by atoms with van der Waals surface area (Å²) in [4.78, 5) is 23.1. The molecule has 0 N–H and O–H groups in total. The van der Waals surface area contributed by atoms with Crippen LogP contribution in [0.25, 0.3) is 0 Å². The highest BCUT2D eigenvalue weighted by Crippen LogP contribution is 2.14. The Balaban J connectivity index is 1.96. The lowest BCUT2D eigenvalue weighted by Crippen LogP contribution is -2.09. The summed E-state index contributed by atoms with van der Waals surface area (Å²) in [6.07, 6.45) is 6.40. The van der Waals surface area contributed by atoms with Crippen LogP contribution in [0.3, 0.4) is 0 Å². The Bertz CT molecular complexity index is 528. The topological polar surface area (TPSA) is 52.6 Å². The Kier molecular flexibility index (Phi) is 10.5. The Labute approximate surface area is 149 Å². The van der Waals surface area contributed by atoms with Crippen molar-refractivity contribution in [3.63, 3.8) is 0 Å². The van der Waals surface area contributed by atoms with Gasteiger partial charge in [0.2, 0.25) is 0 Å². The van der Waals surface area contributed by atoms with Crippen molar-refractivity contribution in [3.8, 4) is 5.75 Å². The van der Waals surface area contributed by atoms with E-state index in [1.807, 2.05) is 13.8 Å². The van der Waals surface area contributed by atoms with E-state index in [0.717, 1.165) is 38.5 Å². The molecule has 1 aromatic rings. The lowest BCUT2D eigenvalue weighted by Gasteiger charge is -2.07. The highest BCUT2D eigenvalue weighted by atomic mass is 19.1. The lowest BCUT2D eigenvalue weighted by atomic mass is 10.1. The molecule has 0 saturated carbocycles. The van der Waals surface area contributed by atoms with Gasteiger partial charge < -0.3 is 9.47 Å². The molecule has 0 aliphatic carbocycles. The maximum Gasteiger partial charge on any atom is 0.311 e. The zero-order valence-electron chi connectivity index (χ0n) is 15.3. The number of benzene rings is 1. The molecule has 0 saturated heterocycles. The van der Waals surface area contributed by atoms with Crippen LogP contribution in [0, 0.1) is 11.7 Å². The molecule has 0 atom stereocenters. The second kappa shape index (κ2) is 12.5. The normalized spacial score (nSPS) is 10.7. The Morgan fingerprint density at radius 2 is 1.56 bits per heavy atom. The van der Waals surface area contributed by atoms with Crippen molar-refractivity contribution in [1.29, 1.82) is 0 Å². The van der Waals surface area contributed by atoms with E-state index in [-0.39, 0.29) is 17.7 Å². The summed E-state index contributed by atoms with van der Waals surface area (Å²) in [5, 5.41) is 0. The first kappa shape index (κ1) is 21.1. The van der Waals surface area contributed by atoms with Crippen LogP contribution in [0.5, 0.6) is 5.75 Å². The number of hydrogen-bond donors (Lipinski definition) is 0. The van der Waals surface area contributed by atoms with Gasteiger partial charge in [-0.3, -0.25) is 9.59 Å². The SMILES string of the molecule is CC(C)COC(=O)CCCCCCCCC(=O)Oc1cccc(F)c1. The first-order valence-electron chi connectivity index (χ1n) is 9.09. The predicted octanol–water partition coefficient (Wildman–Crippen LogP) is 5.05. The second-order valence-electron chi connectivity index (χ2n) is 6.63. The standard InChI is InChI=1S/C20H29FO4/c1-16(2)15-24-19(22)12-7-5-3-4-6-8-13-20(23)25-18-11-9-10-17(21)14-18/h9-11,14,16H,3-8,12-13,15H2,1-2H3. The number of hydrogen-bond acceptors (Lipinski definition) is 4. The number of carbonyl (C=O) groups is 2. The molecule has 4 nitrogen and oxygen atoms in total. The zero-order valence-corrected chi connectivity index (χ0v) is 15.3. The second-order valence-corrected chi connectivity index (χ2v) is 6.63. The highest BCUT2D eigenvalue weighted by Gasteiger charge is 2.06. The van der Waals surface area contributed by atoms with Gasteiger partial charge in [-0.25, -0.2) is 4.39 Å². The predicted molar refractivity (Wildman–Crippen MR) is 94.8 cm³/mol. The van der Waals surface area contributed by atoms with Gasteiger partial charge in [-0.05, 0) is 30.9 Å². The van der Waals surface area contributed by atoms with Gasteiger partial charge in [-0.15, -0.1) is 0 Å². The minimum absolute atomic E-state index is 0.117. The zero-order chi connectivity index (χ0) is 18.5. The molecule has 0 aliphatic heterocycles. The monoisotopic (exact) mass is 352 g/mol. The lowest BCUT2D eigenvalue weighted by molar-refractivity contribution is -0.144. The molecule has 0 bridgehead atoms. The van der Waals surface area contributed by atoms with Crippen molar-refractivity contribution >= 4 is 11.9 Å². The van der Waals surface area contributed by atoms with E-state index in [1.165, 1.54) is 18.2 Å². The summed E-state index contributed by atoms with van der Waals surface area (Å²) in [5.74, 6) is -0.253. The van der Waals surface area contributed by atoms with Crippen molar-refractivity contribution in [2.45, 2.75) is 65.2 Å². The van der Waals surface area contributed by atoms with Gasteiger partial charge in [0.05, 0.1) is 6.61 Å². The van der Waals surface area contributed by atoms with Gasteiger partial charge in [0.1, 0.15) is 11.6 Å². The van der Waals surface area contributed by atoms with Gasteiger partial charge in [-0.1, -0.05) is 45.6 Å². The molecule has 140 valence electrons. The van der Waals surface area contributed by atoms with Crippen LogP contribution in [0.1, 0.15) is 65.2 Å². The number of esters is 2. The Morgan fingerprint density at radius 1 is 0.960 bits per heavy atom. The number of carbonyl (C=O) groups excluding carboxylic acids is 2. The van der Waals surface area contributed by atoms with E-state index in [4.69, 9.17) is 9.47 Å². The summed E-state index contributed by atoms with van der Waals surface area (Å²) in [6.45, 7) is 4.52. The van der Waals surface area contributed by atoms with Crippen LogP contribution < -0.4 is 4.74 Å². The van der Waals surface area contributed by atoms with E-state index >= 15 is 0 Å². The van der Waals surface area contributed by atoms with Crippen LogP contribution in [0.4, 0.5) is 4.39 Å². The van der Waals surface area contributed by atoms with Crippen LogP contribution >= 0.6 is 0 Å². The first-order chi connectivity index (χ1) is 12.0. The molecule has 5 heteroatoms. The van der Waals surface area contributed by atoms with Crippen LogP contribution in [0.2, 0.25) is 0 Å². The molecule has 0 spiro atoms. The molecule has 0 aromatic heterocycles. The molecule has 25 heavy (non-hydrogen) atoms. The number of rotatable bonds is 12. The van der Waals surface area contributed by atoms with Crippen LogP contribution in [0.15, 0.2) is 24.3 Å². The summed E-state index contributed by atoms with van der Waals surface area (Å²) in [5.41, 5.74) is 0. The molecule has 0 amide bonds. The Hall–Kier alpha value is -1.91. The Morgan fingerprint density at radius 3 is 2.16 bits per heavy atom. The largest absolute Gasteiger partial charge is 0.465 e. The molecule has 0 fully saturated rings. The minimum Gasteiger partial charge on any atom is -0.465 e. The van der Waals surface area contributed by atoms with Crippen molar-refractivity contribution in [1.82, 2.24) is 0 Å². The summed E-state index contributed by atoms with van der Waals surface area (Å²) < 4.78 is 23.2. The number of halogens is 1. The minimum atomic E-state index is -0.418. The van der Waals surface area contributed by atoms with Crippen molar-refractivity contribution in [3.05, 3.63) is 30.1 Å². The van der Waals surface area contributed by atoms with E-state index in [0.29, 0.717) is 25.4 Å². The fourth-order valence-electron chi connectivity index (χ4n) is 2.29. The quantitative estimate of drug-likeness (QED) is 0.300. The summed E-state index contributed by atoms with van der Waals surface area (Å²) in [7, 11) is 0.